The minimum absolute atomic E-state index is 0.0333. The van der Waals surface area contributed by atoms with Crippen LogP contribution in [0.25, 0.3) is 0 Å². The molecule has 0 saturated carbocycles. The SMILES string of the molecule is Cc1cccc(C(=O)NC(C(=O)NCc2ccccc2S(=O)(=O)N(C)C)C(C)C)c1. The molecule has 162 valence electrons. The molecule has 0 spiro atoms. The van der Waals surface area contributed by atoms with E-state index in [0.717, 1.165) is 9.87 Å². The molecule has 0 radical (unpaired) electrons. The number of carbonyl (C=O) groups is 2. The number of benzene rings is 2. The molecule has 0 heterocycles. The average Bonchev–Trinajstić information content (AvgIpc) is 2.69. The maximum Gasteiger partial charge on any atom is 0.251 e. The van der Waals surface area contributed by atoms with Gasteiger partial charge in [0.2, 0.25) is 15.9 Å². The van der Waals surface area contributed by atoms with E-state index in [1.54, 1.807) is 36.4 Å². The van der Waals surface area contributed by atoms with Gasteiger partial charge in [0.25, 0.3) is 5.91 Å². The Kier molecular flexibility index (Phi) is 7.75. The predicted molar refractivity (Wildman–Crippen MR) is 116 cm³/mol. The van der Waals surface area contributed by atoms with Gasteiger partial charge in [-0.15, -0.1) is 0 Å². The first kappa shape index (κ1) is 23.6. The monoisotopic (exact) mass is 431 g/mol. The molecule has 2 amide bonds. The van der Waals surface area contributed by atoms with Gasteiger partial charge in [-0.2, -0.15) is 0 Å². The Bertz CT molecular complexity index is 1020. The Labute approximate surface area is 178 Å². The van der Waals surface area contributed by atoms with Gasteiger partial charge in [-0.05, 0) is 36.6 Å². The zero-order valence-electron chi connectivity index (χ0n) is 18.0. The zero-order valence-corrected chi connectivity index (χ0v) is 18.8. The van der Waals surface area contributed by atoms with E-state index in [-0.39, 0.29) is 29.2 Å². The highest BCUT2D eigenvalue weighted by Gasteiger charge is 2.26. The van der Waals surface area contributed by atoms with Crippen molar-refractivity contribution in [2.24, 2.45) is 5.92 Å². The third kappa shape index (κ3) is 5.67. The van der Waals surface area contributed by atoms with Crippen molar-refractivity contribution >= 4 is 21.8 Å². The second-order valence-corrected chi connectivity index (χ2v) is 9.80. The van der Waals surface area contributed by atoms with Gasteiger partial charge in [-0.3, -0.25) is 9.59 Å². The van der Waals surface area contributed by atoms with Crippen LogP contribution in [-0.4, -0.2) is 44.7 Å². The molecular weight excluding hydrogens is 402 g/mol. The molecule has 1 atom stereocenters. The van der Waals surface area contributed by atoms with Gasteiger partial charge in [-0.1, -0.05) is 49.7 Å². The van der Waals surface area contributed by atoms with E-state index >= 15 is 0 Å². The smallest absolute Gasteiger partial charge is 0.251 e. The van der Waals surface area contributed by atoms with Crippen LogP contribution in [-0.2, 0) is 21.4 Å². The summed E-state index contributed by atoms with van der Waals surface area (Å²) in [6.07, 6.45) is 0. The quantitative estimate of drug-likeness (QED) is 0.671. The molecule has 30 heavy (non-hydrogen) atoms. The van der Waals surface area contributed by atoms with Crippen LogP contribution in [0.4, 0.5) is 0 Å². The van der Waals surface area contributed by atoms with E-state index < -0.39 is 16.1 Å². The summed E-state index contributed by atoms with van der Waals surface area (Å²) in [5.74, 6) is -0.856. The number of aryl methyl sites for hydroxylation is 1. The molecule has 2 aromatic carbocycles. The maximum absolute atomic E-state index is 12.8. The first-order chi connectivity index (χ1) is 14.0. The molecule has 7 nitrogen and oxygen atoms in total. The number of amides is 2. The lowest BCUT2D eigenvalue weighted by Crippen LogP contribution is -2.49. The summed E-state index contributed by atoms with van der Waals surface area (Å²) >= 11 is 0. The van der Waals surface area contributed by atoms with Gasteiger partial charge in [-0.25, -0.2) is 12.7 Å². The molecule has 0 aliphatic rings. The van der Waals surface area contributed by atoms with E-state index in [1.165, 1.54) is 20.2 Å². The van der Waals surface area contributed by atoms with E-state index in [4.69, 9.17) is 0 Å². The molecule has 2 aromatic rings. The average molecular weight is 432 g/mol. The Balaban J connectivity index is 2.15. The first-order valence-corrected chi connectivity index (χ1v) is 11.1. The molecule has 0 fully saturated rings. The van der Waals surface area contributed by atoms with Crippen LogP contribution >= 0.6 is 0 Å². The minimum atomic E-state index is -3.64. The fourth-order valence-electron chi connectivity index (χ4n) is 2.94. The van der Waals surface area contributed by atoms with Crippen LogP contribution in [0, 0.1) is 12.8 Å². The summed E-state index contributed by atoms with van der Waals surface area (Å²) in [4.78, 5) is 25.5. The molecule has 2 N–H and O–H groups in total. The topological polar surface area (TPSA) is 95.6 Å². The van der Waals surface area contributed by atoms with Gasteiger partial charge in [0.1, 0.15) is 6.04 Å². The second kappa shape index (κ2) is 9.86. The number of hydrogen-bond donors (Lipinski definition) is 2. The van der Waals surface area contributed by atoms with Crippen LogP contribution in [0.1, 0.15) is 35.3 Å². The van der Waals surface area contributed by atoms with Crippen LogP contribution < -0.4 is 10.6 Å². The number of nitrogens with zero attached hydrogens (tertiary/aromatic N) is 1. The maximum atomic E-state index is 12.8. The molecule has 2 rings (SSSR count). The predicted octanol–water partition coefficient (Wildman–Crippen LogP) is 2.32. The lowest BCUT2D eigenvalue weighted by Gasteiger charge is -2.22. The number of carbonyl (C=O) groups excluding carboxylic acids is 2. The van der Waals surface area contributed by atoms with Crippen molar-refractivity contribution in [1.29, 1.82) is 0 Å². The van der Waals surface area contributed by atoms with E-state index in [0.29, 0.717) is 11.1 Å². The highest BCUT2D eigenvalue weighted by Crippen LogP contribution is 2.18. The largest absolute Gasteiger partial charge is 0.350 e. The summed E-state index contributed by atoms with van der Waals surface area (Å²) in [6, 6.07) is 12.9. The van der Waals surface area contributed by atoms with Crippen molar-refractivity contribution in [2.45, 2.75) is 38.3 Å². The Hall–Kier alpha value is -2.71. The normalized spacial score (nSPS) is 12.6. The fourth-order valence-corrected chi connectivity index (χ4v) is 4.05. The Morgan fingerprint density at radius 2 is 1.70 bits per heavy atom. The number of hydrogen-bond acceptors (Lipinski definition) is 4. The van der Waals surface area contributed by atoms with Gasteiger partial charge in [0, 0.05) is 26.2 Å². The summed E-state index contributed by atoms with van der Waals surface area (Å²) in [6.45, 7) is 5.60. The third-order valence-corrected chi connectivity index (χ3v) is 6.62. The molecule has 0 aliphatic carbocycles. The van der Waals surface area contributed by atoms with Crippen LogP contribution in [0.3, 0.4) is 0 Å². The standard InChI is InChI=1S/C22H29N3O4S/c1-15(2)20(24-21(26)17-11-8-9-16(3)13-17)22(27)23-14-18-10-6-7-12-19(18)30(28,29)25(4)5/h6-13,15,20H,14H2,1-5H3,(H,23,27)(H,24,26). The molecule has 0 saturated heterocycles. The number of nitrogens with one attached hydrogen (secondary N) is 2. The van der Waals surface area contributed by atoms with Gasteiger partial charge < -0.3 is 10.6 Å². The van der Waals surface area contributed by atoms with Crippen molar-refractivity contribution < 1.29 is 18.0 Å². The van der Waals surface area contributed by atoms with Crippen molar-refractivity contribution in [3.8, 4) is 0 Å². The third-order valence-electron chi connectivity index (χ3n) is 4.70. The molecule has 8 heteroatoms. The minimum Gasteiger partial charge on any atom is -0.350 e. The molecular formula is C22H29N3O4S. The number of rotatable bonds is 8. The number of sulfonamides is 1. The van der Waals surface area contributed by atoms with Crippen molar-refractivity contribution in [3.63, 3.8) is 0 Å². The van der Waals surface area contributed by atoms with Crippen molar-refractivity contribution in [1.82, 2.24) is 14.9 Å². The lowest BCUT2D eigenvalue weighted by molar-refractivity contribution is -0.124. The summed E-state index contributed by atoms with van der Waals surface area (Å²) in [5, 5.41) is 5.55. The lowest BCUT2D eigenvalue weighted by atomic mass is 10.0. The van der Waals surface area contributed by atoms with Crippen LogP contribution in [0.5, 0.6) is 0 Å². The highest BCUT2D eigenvalue weighted by atomic mass is 32.2. The Morgan fingerprint density at radius 1 is 1.03 bits per heavy atom. The van der Waals surface area contributed by atoms with E-state index in [2.05, 4.69) is 10.6 Å². The fraction of sp³-hybridized carbons (Fsp3) is 0.364. The molecule has 0 aliphatic heterocycles. The molecule has 1 unspecified atom stereocenters. The van der Waals surface area contributed by atoms with Gasteiger partial charge in [0.15, 0.2) is 0 Å². The first-order valence-electron chi connectivity index (χ1n) is 9.69. The summed E-state index contributed by atoms with van der Waals surface area (Å²) in [7, 11) is -0.722. The zero-order chi connectivity index (χ0) is 22.5. The van der Waals surface area contributed by atoms with Crippen molar-refractivity contribution in [3.05, 3.63) is 65.2 Å². The molecule has 0 bridgehead atoms. The summed E-state index contributed by atoms with van der Waals surface area (Å²) < 4.78 is 26.2. The Morgan fingerprint density at radius 3 is 2.30 bits per heavy atom. The van der Waals surface area contributed by atoms with Gasteiger partial charge in [0.05, 0.1) is 4.90 Å². The highest BCUT2D eigenvalue weighted by molar-refractivity contribution is 7.89. The van der Waals surface area contributed by atoms with E-state index in [1.807, 2.05) is 26.8 Å². The second-order valence-electron chi connectivity index (χ2n) is 7.68. The van der Waals surface area contributed by atoms with Crippen LogP contribution in [0.2, 0.25) is 0 Å². The van der Waals surface area contributed by atoms with Crippen molar-refractivity contribution in [2.75, 3.05) is 14.1 Å². The van der Waals surface area contributed by atoms with Gasteiger partial charge >= 0.3 is 0 Å². The van der Waals surface area contributed by atoms with E-state index in [9.17, 15) is 18.0 Å². The summed E-state index contributed by atoms with van der Waals surface area (Å²) in [5.41, 5.74) is 1.91. The molecule has 0 aromatic heterocycles. The van der Waals surface area contributed by atoms with Crippen LogP contribution in [0.15, 0.2) is 53.4 Å².